The second-order valence-electron chi connectivity index (χ2n) is 7.97. The van der Waals surface area contributed by atoms with E-state index in [0.29, 0.717) is 5.56 Å². The van der Waals surface area contributed by atoms with Gasteiger partial charge >= 0.3 is 5.97 Å². The molecule has 2 aromatic rings. The van der Waals surface area contributed by atoms with Gasteiger partial charge in [0.05, 0.1) is 17.7 Å². The minimum absolute atomic E-state index is 0.0542. The maximum absolute atomic E-state index is 12.9. The number of amides is 1. The molecule has 7 heteroatoms. The van der Waals surface area contributed by atoms with Crippen LogP contribution in [0.5, 0.6) is 0 Å². The summed E-state index contributed by atoms with van der Waals surface area (Å²) in [6.07, 6.45) is -1.68. The molecule has 2 aromatic carbocycles. The van der Waals surface area contributed by atoms with Gasteiger partial charge in [0.15, 0.2) is 0 Å². The summed E-state index contributed by atoms with van der Waals surface area (Å²) in [6, 6.07) is 12.4. The second-order valence-corrected chi connectivity index (χ2v) is 7.97. The molecule has 0 aliphatic heterocycles. The molecule has 30 heavy (non-hydrogen) atoms. The number of aromatic carboxylic acids is 1. The molecule has 2 N–H and O–H groups in total. The molecular weight excluding hydrogens is 392 g/mol. The summed E-state index contributed by atoms with van der Waals surface area (Å²) in [4.78, 5) is 24.0. The lowest BCUT2D eigenvalue weighted by Gasteiger charge is -2.25. The zero-order valence-electron chi connectivity index (χ0n) is 16.9. The van der Waals surface area contributed by atoms with Gasteiger partial charge in [-0.05, 0) is 42.0 Å². The monoisotopic (exact) mass is 417 g/mol. The van der Waals surface area contributed by atoms with Gasteiger partial charge in [0.1, 0.15) is 6.10 Å². The first kappa shape index (κ1) is 21.9. The molecule has 0 bridgehead atoms. The molecule has 160 valence electrons. The van der Waals surface area contributed by atoms with E-state index in [0.717, 1.165) is 18.4 Å². The number of ether oxygens (including phenoxy) is 1. The first-order valence-corrected chi connectivity index (χ1v) is 9.86. The van der Waals surface area contributed by atoms with Gasteiger partial charge in [-0.25, -0.2) is 13.6 Å². The molecule has 1 atom stereocenters. The highest BCUT2D eigenvalue weighted by Crippen LogP contribution is 2.45. The number of alkyl halides is 2. The van der Waals surface area contributed by atoms with Crippen molar-refractivity contribution in [3.05, 3.63) is 70.8 Å². The Morgan fingerprint density at radius 1 is 1.07 bits per heavy atom. The molecule has 5 nitrogen and oxygen atoms in total. The molecular formula is C23H25F2NO4. The van der Waals surface area contributed by atoms with Crippen LogP contribution in [0, 0.1) is 5.92 Å². The molecule has 1 aliphatic rings. The molecule has 1 amide bonds. The van der Waals surface area contributed by atoms with Crippen molar-refractivity contribution >= 4 is 11.9 Å². The summed E-state index contributed by atoms with van der Waals surface area (Å²) in [6.45, 7) is 3.90. The lowest BCUT2D eigenvalue weighted by Crippen LogP contribution is -2.44. The van der Waals surface area contributed by atoms with Crippen LogP contribution in [0.3, 0.4) is 0 Å². The lowest BCUT2D eigenvalue weighted by molar-refractivity contribution is -0.137. The standard InChI is InChI=1S/C23H25F2NO4/c1-14(2)19(30-13-15-3-5-16(6-4-15)20(24)25)21(27)26-23(11-12-23)18-9-7-17(8-10-18)22(28)29/h3-10,14,19-20H,11-13H2,1-2H3,(H,26,27)(H,28,29)/t19-/m1/s1. The van der Waals surface area contributed by atoms with Gasteiger partial charge in [0.25, 0.3) is 6.43 Å². The van der Waals surface area contributed by atoms with Crippen LogP contribution in [0.2, 0.25) is 0 Å². The first-order chi connectivity index (χ1) is 14.2. The van der Waals surface area contributed by atoms with Gasteiger partial charge in [-0.1, -0.05) is 50.2 Å². The number of carboxylic acid groups (broad SMARTS) is 1. The summed E-state index contributed by atoms with van der Waals surface area (Å²) >= 11 is 0. The molecule has 0 saturated heterocycles. The highest BCUT2D eigenvalue weighted by Gasteiger charge is 2.46. The fourth-order valence-electron chi connectivity index (χ4n) is 3.37. The zero-order chi connectivity index (χ0) is 21.9. The lowest BCUT2D eigenvalue weighted by atomic mass is 10.0. The van der Waals surface area contributed by atoms with Crippen LogP contribution in [0.25, 0.3) is 0 Å². The Morgan fingerprint density at radius 3 is 2.13 bits per heavy atom. The predicted octanol–water partition coefficient (Wildman–Crippen LogP) is 4.67. The van der Waals surface area contributed by atoms with Crippen LogP contribution < -0.4 is 5.32 Å². The Labute approximate surface area is 174 Å². The normalized spacial score (nSPS) is 15.8. The Bertz CT molecular complexity index is 890. The number of nitrogens with one attached hydrogen (secondary N) is 1. The Hall–Kier alpha value is -2.80. The third-order valence-electron chi connectivity index (χ3n) is 5.32. The summed E-state index contributed by atoms with van der Waals surface area (Å²) in [5.74, 6) is -1.32. The Morgan fingerprint density at radius 2 is 1.67 bits per heavy atom. The minimum Gasteiger partial charge on any atom is -0.478 e. The topological polar surface area (TPSA) is 75.6 Å². The summed E-state index contributed by atoms with van der Waals surface area (Å²) in [7, 11) is 0. The summed E-state index contributed by atoms with van der Waals surface area (Å²) in [5, 5.41) is 12.1. The van der Waals surface area contributed by atoms with Crippen molar-refractivity contribution in [2.24, 2.45) is 5.92 Å². The second kappa shape index (κ2) is 8.92. The highest BCUT2D eigenvalue weighted by molar-refractivity contribution is 5.87. The minimum atomic E-state index is -2.52. The van der Waals surface area contributed by atoms with Crippen LogP contribution in [0.15, 0.2) is 48.5 Å². The van der Waals surface area contributed by atoms with Crippen LogP contribution in [-0.2, 0) is 21.7 Å². The fourth-order valence-corrected chi connectivity index (χ4v) is 3.37. The Kier molecular flexibility index (Phi) is 6.51. The molecule has 3 rings (SSSR count). The number of carbonyl (C=O) groups excluding carboxylic acids is 1. The van der Waals surface area contributed by atoms with E-state index in [-0.39, 0.29) is 29.6 Å². The molecule has 0 heterocycles. The Balaban J connectivity index is 1.64. The van der Waals surface area contributed by atoms with Crippen molar-refractivity contribution in [1.82, 2.24) is 5.32 Å². The summed E-state index contributed by atoms with van der Waals surface area (Å²) in [5.41, 5.74) is 1.22. The molecule has 1 aliphatic carbocycles. The number of rotatable bonds is 9. The SMILES string of the molecule is CC(C)[C@@H](OCc1ccc(C(F)F)cc1)C(=O)NC1(c2ccc(C(=O)O)cc2)CC1. The zero-order valence-corrected chi connectivity index (χ0v) is 16.9. The molecule has 0 unspecified atom stereocenters. The third-order valence-corrected chi connectivity index (χ3v) is 5.32. The maximum Gasteiger partial charge on any atom is 0.335 e. The first-order valence-electron chi connectivity index (χ1n) is 9.86. The quantitative estimate of drug-likeness (QED) is 0.622. The number of carbonyl (C=O) groups is 2. The predicted molar refractivity (Wildman–Crippen MR) is 107 cm³/mol. The van der Waals surface area contributed by atoms with Crippen LogP contribution in [-0.4, -0.2) is 23.1 Å². The van der Waals surface area contributed by atoms with E-state index in [1.165, 1.54) is 24.3 Å². The van der Waals surface area contributed by atoms with E-state index in [9.17, 15) is 18.4 Å². The van der Waals surface area contributed by atoms with E-state index in [1.807, 2.05) is 13.8 Å². The average Bonchev–Trinajstić information content (AvgIpc) is 3.48. The van der Waals surface area contributed by atoms with E-state index in [4.69, 9.17) is 9.84 Å². The van der Waals surface area contributed by atoms with Crippen LogP contribution >= 0.6 is 0 Å². The van der Waals surface area contributed by atoms with Gasteiger partial charge in [0, 0.05) is 5.56 Å². The maximum atomic E-state index is 12.9. The molecule has 0 radical (unpaired) electrons. The molecule has 0 aromatic heterocycles. The van der Waals surface area contributed by atoms with E-state index >= 15 is 0 Å². The van der Waals surface area contributed by atoms with Gasteiger partial charge in [-0.15, -0.1) is 0 Å². The van der Waals surface area contributed by atoms with E-state index in [1.54, 1.807) is 24.3 Å². The highest BCUT2D eigenvalue weighted by atomic mass is 19.3. The number of carboxylic acids is 1. The van der Waals surface area contributed by atoms with Crippen LogP contribution in [0.1, 0.15) is 60.2 Å². The molecule has 1 fully saturated rings. The van der Waals surface area contributed by atoms with Crippen molar-refractivity contribution in [2.75, 3.05) is 0 Å². The van der Waals surface area contributed by atoms with Gasteiger partial charge in [-0.3, -0.25) is 4.79 Å². The number of halogens is 2. The van der Waals surface area contributed by atoms with Crippen molar-refractivity contribution in [2.45, 2.75) is 51.4 Å². The van der Waals surface area contributed by atoms with Crippen molar-refractivity contribution in [3.63, 3.8) is 0 Å². The number of hydrogen-bond donors (Lipinski definition) is 2. The summed E-state index contributed by atoms with van der Waals surface area (Å²) < 4.78 is 31.2. The van der Waals surface area contributed by atoms with E-state index < -0.39 is 24.0 Å². The van der Waals surface area contributed by atoms with Crippen molar-refractivity contribution in [1.29, 1.82) is 0 Å². The molecule has 1 saturated carbocycles. The average molecular weight is 417 g/mol. The fraction of sp³-hybridized carbons (Fsp3) is 0.391. The van der Waals surface area contributed by atoms with Crippen molar-refractivity contribution in [3.8, 4) is 0 Å². The van der Waals surface area contributed by atoms with Gasteiger partial charge < -0.3 is 15.2 Å². The van der Waals surface area contributed by atoms with Crippen LogP contribution in [0.4, 0.5) is 8.78 Å². The third kappa shape index (κ3) is 5.02. The van der Waals surface area contributed by atoms with E-state index in [2.05, 4.69) is 5.32 Å². The molecule has 0 spiro atoms. The largest absolute Gasteiger partial charge is 0.478 e. The smallest absolute Gasteiger partial charge is 0.335 e. The van der Waals surface area contributed by atoms with Crippen molar-refractivity contribution < 1.29 is 28.2 Å². The number of hydrogen-bond acceptors (Lipinski definition) is 3. The van der Waals surface area contributed by atoms with Gasteiger partial charge in [0.2, 0.25) is 5.91 Å². The number of benzene rings is 2. The van der Waals surface area contributed by atoms with Gasteiger partial charge in [-0.2, -0.15) is 0 Å².